The minimum Gasteiger partial charge on any atom is -0.356 e. The van der Waals surface area contributed by atoms with Crippen molar-refractivity contribution in [3.8, 4) is 0 Å². The average Bonchev–Trinajstić information content (AvgIpc) is 2.98. The van der Waals surface area contributed by atoms with Gasteiger partial charge in [0, 0.05) is 13.0 Å². The first-order chi connectivity index (χ1) is 10.1. The summed E-state index contributed by atoms with van der Waals surface area (Å²) in [5, 5.41) is 3.04. The normalized spacial score (nSPS) is 15.3. The Morgan fingerprint density at radius 2 is 1.95 bits per heavy atom. The molecule has 1 aliphatic heterocycles. The van der Waals surface area contributed by atoms with E-state index in [2.05, 4.69) is 42.3 Å². The number of hydrogen-bond donors (Lipinski definition) is 1. The predicted octanol–water partition coefficient (Wildman–Crippen LogP) is 2.84. The lowest BCUT2D eigenvalue weighted by Crippen LogP contribution is -2.28. The number of benzene rings is 1. The third-order valence-electron chi connectivity index (χ3n) is 4.38. The molecule has 1 fully saturated rings. The van der Waals surface area contributed by atoms with Gasteiger partial charge in [0.2, 0.25) is 5.91 Å². The van der Waals surface area contributed by atoms with Crippen LogP contribution in [-0.2, 0) is 11.2 Å². The van der Waals surface area contributed by atoms with Crippen LogP contribution in [0.1, 0.15) is 42.4 Å². The van der Waals surface area contributed by atoms with E-state index in [9.17, 15) is 4.79 Å². The Labute approximate surface area is 128 Å². The summed E-state index contributed by atoms with van der Waals surface area (Å²) in [6.07, 6.45) is 5.16. The van der Waals surface area contributed by atoms with Crippen molar-refractivity contribution in [2.45, 2.75) is 46.0 Å². The fourth-order valence-electron chi connectivity index (χ4n) is 2.84. The number of nitrogens with one attached hydrogen (secondary N) is 1. The standard InChI is InChI=1S/C18H28N2O/c1-15-6-7-17(14-16(15)2)8-9-18(21)19-10-5-13-20-11-3-4-12-20/h6-7,14H,3-5,8-13H2,1-2H3,(H,19,21). The van der Waals surface area contributed by atoms with Crippen molar-refractivity contribution in [2.75, 3.05) is 26.2 Å². The second kappa shape index (κ2) is 8.18. The molecule has 0 aliphatic carbocycles. The Kier molecular flexibility index (Phi) is 6.24. The molecule has 0 bridgehead atoms. The van der Waals surface area contributed by atoms with E-state index >= 15 is 0 Å². The van der Waals surface area contributed by atoms with E-state index in [4.69, 9.17) is 0 Å². The molecule has 0 unspecified atom stereocenters. The van der Waals surface area contributed by atoms with Gasteiger partial charge in [-0.25, -0.2) is 0 Å². The fraction of sp³-hybridized carbons (Fsp3) is 0.611. The SMILES string of the molecule is Cc1ccc(CCC(=O)NCCCN2CCCC2)cc1C. The maximum Gasteiger partial charge on any atom is 0.220 e. The molecule has 1 aromatic rings. The summed E-state index contributed by atoms with van der Waals surface area (Å²) in [7, 11) is 0. The lowest BCUT2D eigenvalue weighted by molar-refractivity contribution is -0.121. The molecule has 1 N–H and O–H groups in total. The van der Waals surface area contributed by atoms with E-state index in [0.717, 1.165) is 25.9 Å². The summed E-state index contributed by atoms with van der Waals surface area (Å²) in [6.45, 7) is 8.64. The van der Waals surface area contributed by atoms with Crippen molar-refractivity contribution in [2.24, 2.45) is 0 Å². The number of aryl methyl sites for hydroxylation is 3. The van der Waals surface area contributed by atoms with Crippen LogP contribution in [0.3, 0.4) is 0 Å². The highest BCUT2D eigenvalue weighted by Gasteiger charge is 2.10. The number of likely N-dealkylation sites (tertiary alicyclic amines) is 1. The highest BCUT2D eigenvalue weighted by molar-refractivity contribution is 5.76. The maximum atomic E-state index is 11.8. The third-order valence-corrected chi connectivity index (χ3v) is 4.38. The molecule has 1 aliphatic rings. The minimum absolute atomic E-state index is 0.176. The fourth-order valence-corrected chi connectivity index (χ4v) is 2.84. The average molecular weight is 288 g/mol. The molecule has 1 heterocycles. The van der Waals surface area contributed by atoms with E-state index in [-0.39, 0.29) is 5.91 Å². The molecule has 3 heteroatoms. The molecule has 116 valence electrons. The zero-order chi connectivity index (χ0) is 15.1. The molecular formula is C18H28N2O. The van der Waals surface area contributed by atoms with Gasteiger partial charge in [-0.3, -0.25) is 4.79 Å². The van der Waals surface area contributed by atoms with Crippen LogP contribution in [-0.4, -0.2) is 37.0 Å². The van der Waals surface area contributed by atoms with Crippen LogP contribution in [0.5, 0.6) is 0 Å². The Balaban J connectivity index is 1.59. The molecule has 3 nitrogen and oxygen atoms in total. The molecule has 0 atom stereocenters. The zero-order valence-corrected chi connectivity index (χ0v) is 13.5. The summed E-state index contributed by atoms with van der Waals surface area (Å²) < 4.78 is 0. The first kappa shape index (κ1) is 16.0. The summed E-state index contributed by atoms with van der Waals surface area (Å²) in [4.78, 5) is 14.3. The Morgan fingerprint density at radius 3 is 2.67 bits per heavy atom. The van der Waals surface area contributed by atoms with Crippen molar-refractivity contribution in [3.05, 3.63) is 34.9 Å². The Hall–Kier alpha value is -1.35. The number of hydrogen-bond acceptors (Lipinski definition) is 2. The van der Waals surface area contributed by atoms with Crippen molar-refractivity contribution in [1.82, 2.24) is 10.2 Å². The van der Waals surface area contributed by atoms with Crippen LogP contribution in [0.25, 0.3) is 0 Å². The molecule has 1 saturated heterocycles. The van der Waals surface area contributed by atoms with Crippen LogP contribution in [0, 0.1) is 13.8 Å². The smallest absolute Gasteiger partial charge is 0.220 e. The number of carbonyl (C=O) groups is 1. The van der Waals surface area contributed by atoms with Crippen LogP contribution in [0.2, 0.25) is 0 Å². The largest absolute Gasteiger partial charge is 0.356 e. The Bertz CT molecular complexity index is 464. The molecule has 21 heavy (non-hydrogen) atoms. The van der Waals surface area contributed by atoms with E-state index < -0.39 is 0 Å². The highest BCUT2D eigenvalue weighted by Crippen LogP contribution is 2.11. The van der Waals surface area contributed by atoms with E-state index in [0.29, 0.717) is 6.42 Å². The summed E-state index contributed by atoms with van der Waals surface area (Å²) in [5.74, 6) is 0.176. The van der Waals surface area contributed by atoms with Gasteiger partial charge in [0.05, 0.1) is 0 Å². The number of amides is 1. The molecular weight excluding hydrogens is 260 g/mol. The van der Waals surface area contributed by atoms with Gasteiger partial charge in [-0.05, 0) is 75.9 Å². The molecule has 0 spiro atoms. The van der Waals surface area contributed by atoms with Gasteiger partial charge >= 0.3 is 0 Å². The molecule has 0 radical (unpaired) electrons. The molecule has 0 aromatic heterocycles. The van der Waals surface area contributed by atoms with Gasteiger partial charge in [0.25, 0.3) is 0 Å². The van der Waals surface area contributed by atoms with Crippen LogP contribution >= 0.6 is 0 Å². The van der Waals surface area contributed by atoms with Crippen molar-refractivity contribution < 1.29 is 4.79 Å². The molecule has 0 saturated carbocycles. The highest BCUT2D eigenvalue weighted by atomic mass is 16.1. The van der Waals surface area contributed by atoms with Crippen molar-refractivity contribution >= 4 is 5.91 Å². The predicted molar refractivity (Wildman–Crippen MR) is 87.5 cm³/mol. The van der Waals surface area contributed by atoms with E-state index in [1.807, 2.05) is 0 Å². The van der Waals surface area contributed by atoms with Gasteiger partial charge in [-0.15, -0.1) is 0 Å². The zero-order valence-electron chi connectivity index (χ0n) is 13.5. The minimum atomic E-state index is 0.176. The Morgan fingerprint density at radius 1 is 1.19 bits per heavy atom. The van der Waals surface area contributed by atoms with Crippen LogP contribution < -0.4 is 5.32 Å². The van der Waals surface area contributed by atoms with Gasteiger partial charge < -0.3 is 10.2 Å². The lowest BCUT2D eigenvalue weighted by atomic mass is 10.0. The second-order valence-corrected chi connectivity index (χ2v) is 6.17. The van der Waals surface area contributed by atoms with E-state index in [1.54, 1.807) is 0 Å². The van der Waals surface area contributed by atoms with Crippen molar-refractivity contribution in [3.63, 3.8) is 0 Å². The van der Waals surface area contributed by atoms with Crippen LogP contribution in [0.15, 0.2) is 18.2 Å². The third kappa shape index (κ3) is 5.50. The number of rotatable bonds is 7. The van der Waals surface area contributed by atoms with Crippen LogP contribution in [0.4, 0.5) is 0 Å². The van der Waals surface area contributed by atoms with Gasteiger partial charge in [0.15, 0.2) is 0 Å². The summed E-state index contributed by atoms with van der Waals surface area (Å²) in [6, 6.07) is 6.46. The second-order valence-electron chi connectivity index (χ2n) is 6.17. The van der Waals surface area contributed by atoms with E-state index in [1.165, 1.54) is 42.6 Å². The first-order valence-electron chi connectivity index (χ1n) is 8.20. The van der Waals surface area contributed by atoms with Gasteiger partial charge in [0.1, 0.15) is 0 Å². The maximum absolute atomic E-state index is 11.8. The quantitative estimate of drug-likeness (QED) is 0.783. The molecule has 2 rings (SSSR count). The van der Waals surface area contributed by atoms with Crippen molar-refractivity contribution in [1.29, 1.82) is 0 Å². The lowest BCUT2D eigenvalue weighted by Gasteiger charge is -2.14. The summed E-state index contributed by atoms with van der Waals surface area (Å²) in [5.41, 5.74) is 3.87. The topological polar surface area (TPSA) is 32.3 Å². The first-order valence-corrected chi connectivity index (χ1v) is 8.20. The monoisotopic (exact) mass is 288 g/mol. The van der Waals surface area contributed by atoms with Gasteiger partial charge in [-0.1, -0.05) is 18.2 Å². The number of nitrogens with zero attached hydrogens (tertiary/aromatic N) is 1. The molecule has 1 aromatic carbocycles. The van der Waals surface area contributed by atoms with Gasteiger partial charge in [-0.2, -0.15) is 0 Å². The number of carbonyl (C=O) groups excluding carboxylic acids is 1. The molecule has 1 amide bonds. The summed E-state index contributed by atoms with van der Waals surface area (Å²) >= 11 is 0.